The minimum absolute atomic E-state index is 0.0390. The van der Waals surface area contributed by atoms with E-state index in [0.717, 1.165) is 0 Å². The van der Waals surface area contributed by atoms with Crippen molar-refractivity contribution < 1.29 is 22.8 Å². The lowest BCUT2D eigenvalue weighted by Crippen LogP contribution is -2.31. The topological polar surface area (TPSA) is 65.3 Å². The number of fused-ring (bicyclic) bond motifs is 1. The second-order valence-corrected chi connectivity index (χ2v) is 5.91. The highest BCUT2D eigenvalue weighted by molar-refractivity contribution is 5.86. The van der Waals surface area contributed by atoms with Crippen molar-refractivity contribution in [2.75, 3.05) is 0 Å². The van der Waals surface area contributed by atoms with E-state index in [1.165, 1.54) is 12.3 Å². The van der Waals surface area contributed by atoms with Crippen molar-refractivity contribution in [3.05, 3.63) is 40.6 Å². The van der Waals surface area contributed by atoms with Crippen LogP contribution < -0.4 is 4.74 Å². The van der Waals surface area contributed by atoms with E-state index >= 15 is 0 Å². The van der Waals surface area contributed by atoms with Gasteiger partial charge in [-0.25, -0.2) is 4.98 Å². The van der Waals surface area contributed by atoms with Crippen molar-refractivity contribution in [3.8, 4) is 5.75 Å². The Morgan fingerprint density at radius 3 is 2.54 bits per heavy atom. The van der Waals surface area contributed by atoms with E-state index in [0.29, 0.717) is 29.5 Å². The Bertz CT molecular complexity index is 756. The fourth-order valence-corrected chi connectivity index (χ4v) is 3.00. The van der Waals surface area contributed by atoms with E-state index in [2.05, 4.69) is 4.98 Å². The summed E-state index contributed by atoms with van der Waals surface area (Å²) < 4.78 is 44.0. The van der Waals surface area contributed by atoms with Gasteiger partial charge < -0.3 is 4.74 Å². The van der Waals surface area contributed by atoms with Crippen LogP contribution in [0.5, 0.6) is 5.75 Å². The van der Waals surface area contributed by atoms with E-state index in [1.807, 2.05) is 0 Å². The lowest BCUT2D eigenvalue weighted by atomic mass is 9.87. The van der Waals surface area contributed by atoms with Gasteiger partial charge in [0, 0.05) is 11.5 Å². The molecule has 1 saturated carbocycles. The molecule has 128 valence electrons. The molecule has 8 heteroatoms. The molecule has 0 saturated heterocycles. The molecule has 2 aromatic rings. The van der Waals surface area contributed by atoms with Crippen molar-refractivity contribution >= 4 is 16.6 Å². The summed E-state index contributed by atoms with van der Waals surface area (Å²) in [6.07, 6.45) is -2.62. The predicted octanol–water partition coefficient (Wildman–Crippen LogP) is 4.64. The van der Waals surface area contributed by atoms with Gasteiger partial charge in [-0.3, -0.25) is 10.1 Å². The third-order valence-electron chi connectivity index (χ3n) is 4.31. The largest absolute Gasteiger partial charge is 0.490 e. The van der Waals surface area contributed by atoms with E-state index in [1.54, 1.807) is 18.2 Å². The molecule has 5 nitrogen and oxygen atoms in total. The van der Waals surface area contributed by atoms with Crippen LogP contribution in [0.3, 0.4) is 0 Å². The van der Waals surface area contributed by atoms with Gasteiger partial charge >= 0.3 is 6.18 Å². The standard InChI is InChI=1S/C16H15F3N2O3/c17-16(18,19)10-4-6-12(7-5-10)24-15-3-1-2-14-13(15)8-11(9-20-14)21(22)23/h1-3,8-10,12H,4-7H2. The van der Waals surface area contributed by atoms with Crippen LogP contribution in [-0.4, -0.2) is 22.2 Å². The molecule has 0 aliphatic heterocycles. The van der Waals surface area contributed by atoms with E-state index < -0.39 is 17.0 Å². The SMILES string of the molecule is O=[N+]([O-])c1cnc2cccc(OC3CCC(C(F)(F)F)CC3)c2c1. The molecule has 0 atom stereocenters. The summed E-state index contributed by atoms with van der Waals surface area (Å²) in [6.45, 7) is 0. The molecule has 0 unspecified atom stereocenters. The summed E-state index contributed by atoms with van der Waals surface area (Å²) in [6, 6.07) is 6.44. The Morgan fingerprint density at radius 2 is 1.92 bits per heavy atom. The summed E-state index contributed by atoms with van der Waals surface area (Å²) in [7, 11) is 0. The fraction of sp³-hybridized carbons (Fsp3) is 0.438. The van der Waals surface area contributed by atoms with Gasteiger partial charge in [-0.1, -0.05) is 6.07 Å². The maximum Gasteiger partial charge on any atom is 0.391 e. The van der Waals surface area contributed by atoms with E-state index in [-0.39, 0.29) is 24.6 Å². The van der Waals surface area contributed by atoms with Crippen molar-refractivity contribution in [2.45, 2.75) is 38.0 Å². The molecular weight excluding hydrogens is 325 g/mol. The molecular formula is C16H15F3N2O3. The Labute approximate surface area is 135 Å². The third kappa shape index (κ3) is 3.42. The number of pyridine rings is 1. The lowest BCUT2D eigenvalue weighted by Gasteiger charge is -2.30. The first kappa shape index (κ1) is 16.5. The highest BCUT2D eigenvalue weighted by atomic mass is 19.4. The molecule has 1 aliphatic carbocycles. The quantitative estimate of drug-likeness (QED) is 0.603. The van der Waals surface area contributed by atoms with Gasteiger partial charge in [0.05, 0.1) is 22.5 Å². The van der Waals surface area contributed by atoms with Crippen LogP contribution >= 0.6 is 0 Å². The maximum absolute atomic E-state index is 12.7. The first-order valence-electron chi connectivity index (χ1n) is 7.61. The molecule has 1 fully saturated rings. The number of halogens is 3. The average molecular weight is 340 g/mol. The van der Waals surface area contributed by atoms with Crippen LogP contribution in [-0.2, 0) is 0 Å². The normalized spacial score (nSPS) is 21.6. The number of hydrogen-bond acceptors (Lipinski definition) is 4. The van der Waals surface area contributed by atoms with Crippen LogP contribution in [0.25, 0.3) is 10.9 Å². The molecule has 0 spiro atoms. The number of ether oxygens (including phenoxy) is 1. The lowest BCUT2D eigenvalue weighted by molar-refractivity contribution is -0.385. The van der Waals surface area contributed by atoms with Gasteiger partial charge in [0.25, 0.3) is 5.69 Å². The Hall–Kier alpha value is -2.38. The first-order chi connectivity index (χ1) is 11.3. The van der Waals surface area contributed by atoms with Gasteiger partial charge in [0.1, 0.15) is 11.9 Å². The zero-order chi connectivity index (χ0) is 17.3. The minimum Gasteiger partial charge on any atom is -0.490 e. The third-order valence-corrected chi connectivity index (χ3v) is 4.31. The smallest absolute Gasteiger partial charge is 0.391 e. The molecule has 1 heterocycles. The number of aromatic nitrogens is 1. The Kier molecular flexibility index (Phi) is 4.29. The molecule has 3 rings (SSSR count). The highest BCUT2D eigenvalue weighted by Gasteiger charge is 2.41. The van der Waals surface area contributed by atoms with Gasteiger partial charge in [0.2, 0.25) is 0 Å². The number of nitrogens with zero attached hydrogens (tertiary/aromatic N) is 2. The number of hydrogen-bond donors (Lipinski definition) is 0. The number of alkyl halides is 3. The highest BCUT2D eigenvalue weighted by Crippen LogP contribution is 2.39. The van der Waals surface area contributed by atoms with Crippen LogP contribution in [0, 0.1) is 16.0 Å². The van der Waals surface area contributed by atoms with Gasteiger partial charge in [-0.05, 0) is 37.8 Å². The summed E-state index contributed by atoms with van der Waals surface area (Å²) in [5.41, 5.74) is 0.390. The van der Waals surface area contributed by atoms with Crippen LogP contribution in [0.4, 0.5) is 18.9 Å². The maximum atomic E-state index is 12.7. The van der Waals surface area contributed by atoms with Gasteiger partial charge in [-0.15, -0.1) is 0 Å². The average Bonchev–Trinajstić information content (AvgIpc) is 2.54. The van der Waals surface area contributed by atoms with E-state index in [4.69, 9.17) is 4.74 Å². The molecule has 24 heavy (non-hydrogen) atoms. The predicted molar refractivity (Wildman–Crippen MR) is 80.8 cm³/mol. The van der Waals surface area contributed by atoms with Crippen molar-refractivity contribution in [3.63, 3.8) is 0 Å². The van der Waals surface area contributed by atoms with Crippen LogP contribution in [0.2, 0.25) is 0 Å². The Balaban J connectivity index is 1.78. The second kappa shape index (κ2) is 6.26. The fourth-order valence-electron chi connectivity index (χ4n) is 3.00. The molecule has 0 amide bonds. The number of benzene rings is 1. The van der Waals surface area contributed by atoms with Gasteiger partial charge in [0.15, 0.2) is 0 Å². The summed E-state index contributed by atoms with van der Waals surface area (Å²) in [5, 5.41) is 11.4. The molecule has 1 aromatic heterocycles. The monoisotopic (exact) mass is 340 g/mol. The first-order valence-corrected chi connectivity index (χ1v) is 7.61. The number of nitro groups is 1. The van der Waals surface area contributed by atoms with E-state index in [9.17, 15) is 23.3 Å². The summed E-state index contributed by atoms with van der Waals surface area (Å²) >= 11 is 0. The number of rotatable bonds is 3. The van der Waals surface area contributed by atoms with Crippen molar-refractivity contribution in [1.82, 2.24) is 4.98 Å². The molecule has 1 aromatic carbocycles. The van der Waals surface area contributed by atoms with Crippen LogP contribution in [0.15, 0.2) is 30.5 Å². The molecule has 1 aliphatic rings. The van der Waals surface area contributed by atoms with Crippen molar-refractivity contribution in [2.24, 2.45) is 5.92 Å². The van der Waals surface area contributed by atoms with Crippen molar-refractivity contribution in [1.29, 1.82) is 0 Å². The second-order valence-electron chi connectivity index (χ2n) is 5.91. The molecule has 0 N–H and O–H groups in total. The van der Waals surface area contributed by atoms with Gasteiger partial charge in [-0.2, -0.15) is 13.2 Å². The molecule has 0 bridgehead atoms. The molecule has 0 radical (unpaired) electrons. The summed E-state index contributed by atoms with van der Waals surface area (Å²) in [5.74, 6) is -0.855. The Morgan fingerprint density at radius 1 is 1.21 bits per heavy atom. The zero-order valence-electron chi connectivity index (χ0n) is 12.6. The minimum atomic E-state index is -4.16. The van der Waals surface area contributed by atoms with Crippen LogP contribution in [0.1, 0.15) is 25.7 Å². The summed E-state index contributed by atoms with van der Waals surface area (Å²) in [4.78, 5) is 14.4. The zero-order valence-corrected chi connectivity index (χ0v) is 12.6.